The molecule has 1 atom stereocenters. The molecular formula is C13H22Cl3NO6S. The molecule has 0 aromatic carbocycles. The number of aliphatic hydroxyl groups excluding tert-OH is 2. The molecule has 11 heteroatoms. The molecule has 0 aromatic heterocycles. The number of aliphatic hydroxyl groups is 2. The zero-order chi connectivity index (χ0) is 19.0. The van der Waals surface area contributed by atoms with E-state index in [2.05, 4.69) is 5.32 Å². The number of carbonyl (C=O) groups excluding carboxylic acids is 2. The minimum Gasteiger partial charge on any atom is -0.458 e. The van der Waals surface area contributed by atoms with E-state index in [1.807, 2.05) is 0 Å². The molecule has 3 N–H and O–H groups in total. The van der Waals surface area contributed by atoms with Crippen LogP contribution in [0.2, 0.25) is 0 Å². The molecule has 0 bridgehead atoms. The quantitative estimate of drug-likeness (QED) is 0.402. The van der Waals surface area contributed by atoms with E-state index in [0.29, 0.717) is 0 Å². The van der Waals surface area contributed by atoms with Crippen LogP contribution in [-0.4, -0.2) is 68.5 Å². The molecular weight excluding hydrogens is 405 g/mol. The highest BCUT2D eigenvalue weighted by Gasteiger charge is 2.29. The predicted molar refractivity (Wildman–Crippen MR) is 94.8 cm³/mol. The predicted octanol–water partition coefficient (Wildman–Crippen LogP) is 1.88. The van der Waals surface area contributed by atoms with Crippen molar-refractivity contribution in [3.63, 3.8) is 0 Å². The molecule has 0 spiro atoms. The zero-order valence-electron chi connectivity index (χ0n) is 13.6. The fourth-order valence-electron chi connectivity index (χ4n) is 1.27. The van der Waals surface area contributed by atoms with Crippen molar-refractivity contribution in [2.75, 3.05) is 25.6 Å². The second kappa shape index (κ2) is 10.8. The molecule has 0 unspecified atom stereocenters. The number of alkyl carbamates (subject to hydrolysis) is 1. The Balaban J connectivity index is 4.78. The van der Waals surface area contributed by atoms with Gasteiger partial charge in [-0.15, -0.1) is 0 Å². The molecule has 0 aliphatic heterocycles. The van der Waals surface area contributed by atoms with E-state index in [1.165, 1.54) is 0 Å². The Bertz CT molecular complexity index is 409. The van der Waals surface area contributed by atoms with E-state index in [-0.39, 0.29) is 19.0 Å². The third kappa shape index (κ3) is 12.3. The Morgan fingerprint density at radius 2 is 1.71 bits per heavy atom. The summed E-state index contributed by atoms with van der Waals surface area (Å²) in [5.41, 5.74) is -0.753. The molecule has 0 saturated heterocycles. The first-order chi connectivity index (χ1) is 10.9. The fourth-order valence-corrected chi connectivity index (χ4v) is 2.33. The maximum absolute atomic E-state index is 12.2. The molecule has 0 rings (SSSR count). The maximum atomic E-state index is 12.2. The van der Waals surface area contributed by atoms with Crippen molar-refractivity contribution in [2.24, 2.45) is 0 Å². The Morgan fingerprint density at radius 3 is 2.12 bits per heavy atom. The number of esters is 1. The van der Waals surface area contributed by atoms with Gasteiger partial charge < -0.3 is 25.0 Å². The SMILES string of the molecule is CC(C)(C)OC(=O)[C@H](CSC(CO)CO)NC(=O)OCC(Cl)(Cl)Cl. The summed E-state index contributed by atoms with van der Waals surface area (Å²) in [5, 5.41) is 20.0. The molecule has 0 aromatic rings. The summed E-state index contributed by atoms with van der Waals surface area (Å²) in [5.74, 6) is -0.626. The third-order valence-electron chi connectivity index (χ3n) is 2.26. The summed E-state index contributed by atoms with van der Waals surface area (Å²) >= 11 is 17.5. The first-order valence-electron chi connectivity index (χ1n) is 6.94. The molecule has 0 fully saturated rings. The van der Waals surface area contributed by atoms with E-state index in [9.17, 15) is 9.59 Å². The molecule has 0 aliphatic carbocycles. The standard InChI is InChI=1S/C13H22Cl3NO6S/c1-12(2,3)23-10(20)9(6-24-8(4-18)5-19)17-11(21)22-7-13(14,15)16/h8-9,18-19H,4-7H2,1-3H3,(H,17,21)/t9-/m0/s1. The van der Waals surface area contributed by atoms with Gasteiger partial charge in [0.15, 0.2) is 0 Å². The number of nitrogens with one attached hydrogen (secondary N) is 1. The van der Waals surface area contributed by atoms with E-state index < -0.39 is 39.4 Å². The lowest BCUT2D eigenvalue weighted by Crippen LogP contribution is -2.46. The number of hydrogen-bond acceptors (Lipinski definition) is 7. The van der Waals surface area contributed by atoms with Crippen molar-refractivity contribution >= 4 is 58.6 Å². The van der Waals surface area contributed by atoms with Crippen molar-refractivity contribution in [2.45, 2.75) is 41.5 Å². The fraction of sp³-hybridized carbons (Fsp3) is 0.846. The van der Waals surface area contributed by atoms with Gasteiger partial charge in [0.2, 0.25) is 3.79 Å². The summed E-state index contributed by atoms with van der Waals surface area (Å²) in [6.07, 6.45) is -0.956. The Labute approximate surface area is 160 Å². The number of hydrogen-bond donors (Lipinski definition) is 3. The largest absolute Gasteiger partial charge is 0.458 e. The number of amides is 1. The van der Waals surface area contributed by atoms with Crippen LogP contribution < -0.4 is 5.32 Å². The van der Waals surface area contributed by atoms with E-state index in [4.69, 9.17) is 54.5 Å². The highest BCUT2D eigenvalue weighted by Crippen LogP contribution is 2.26. The van der Waals surface area contributed by atoms with Gasteiger partial charge in [0.25, 0.3) is 0 Å². The number of ether oxygens (including phenoxy) is 2. The van der Waals surface area contributed by atoms with Crippen molar-refractivity contribution in [3.05, 3.63) is 0 Å². The van der Waals surface area contributed by atoms with Crippen LogP contribution in [0.3, 0.4) is 0 Å². The molecule has 0 heterocycles. The summed E-state index contributed by atoms with van der Waals surface area (Å²) in [6, 6.07) is -1.06. The van der Waals surface area contributed by atoms with Crippen molar-refractivity contribution in [3.8, 4) is 0 Å². The van der Waals surface area contributed by atoms with Gasteiger partial charge in [0.05, 0.1) is 18.5 Å². The van der Waals surface area contributed by atoms with Crippen LogP contribution in [0.5, 0.6) is 0 Å². The van der Waals surface area contributed by atoms with Gasteiger partial charge in [-0.3, -0.25) is 0 Å². The number of thioether (sulfide) groups is 1. The van der Waals surface area contributed by atoms with Crippen molar-refractivity contribution < 1.29 is 29.3 Å². The molecule has 7 nitrogen and oxygen atoms in total. The molecule has 24 heavy (non-hydrogen) atoms. The monoisotopic (exact) mass is 425 g/mol. The van der Waals surface area contributed by atoms with E-state index in [1.54, 1.807) is 20.8 Å². The second-order valence-corrected chi connectivity index (χ2v) is 9.59. The minimum atomic E-state index is -1.77. The first-order valence-corrected chi connectivity index (χ1v) is 9.12. The maximum Gasteiger partial charge on any atom is 0.408 e. The number of rotatable bonds is 8. The van der Waals surface area contributed by atoms with Crippen LogP contribution in [0.15, 0.2) is 0 Å². The summed E-state index contributed by atoms with van der Waals surface area (Å²) < 4.78 is 8.16. The van der Waals surface area contributed by atoms with Crippen LogP contribution in [0.25, 0.3) is 0 Å². The summed E-state index contributed by atoms with van der Waals surface area (Å²) in [6.45, 7) is 4.00. The van der Waals surface area contributed by atoms with Crippen LogP contribution >= 0.6 is 46.6 Å². The van der Waals surface area contributed by atoms with Crippen molar-refractivity contribution in [1.29, 1.82) is 0 Å². The van der Waals surface area contributed by atoms with Gasteiger partial charge in [-0.05, 0) is 20.8 Å². The summed E-state index contributed by atoms with van der Waals surface area (Å²) in [7, 11) is 0. The average Bonchev–Trinajstić information content (AvgIpc) is 2.42. The number of carbonyl (C=O) groups is 2. The minimum absolute atomic E-state index is 0.0591. The lowest BCUT2D eigenvalue weighted by molar-refractivity contribution is -0.156. The third-order valence-corrected chi connectivity index (χ3v) is 3.88. The second-order valence-electron chi connectivity index (χ2n) is 5.74. The van der Waals surface area contributed by atoms with E-state index in [0.717, 1.165) is 11.8 Å². The summed E-state index contributed by atoms with van der Waals surface area (Å²) in [4.78, 5) is 23.9. The van der Waals surface area contributed by atoms with E-state index >= 15 is 0 Å². The van der Waals surface area contributed by atoms with Crippen LogP contribution in [0.4, 0.5) is 4.79 Å². The number of alkyl halides is 3. The molecule has 0 radical (unpaired) electrons. The Hall–Kier alpha value is -0.120. The smallest absolute Gasteiger partial charge is 0.408 e. The van der Waals surface area contributed by atoms with Crippen LogP contribution in [-0.2, 0) is 14.3 Å². The van der Waals surface area contributed by atoms with Gasteiger partial charge >= 0.3 is 12.1 Å². The van der Waals surface area contributed by atoms with Gasteiger partial charge in [0, 0.05) is 5.75 Å². The normalized spacial score (nSPS) is 13.5. The van der Waals surface area contributed by atoms with Crippen LogP contribution in [0.1, 0.15) is 20.8 Å². The highest BCUT2D eigenvalue weighted by atomic mass is 35.6. The topological polar surface area (TPSA) is 105 Å². The van der Waals surface area contributed by atoms with Gasteiger partial charge in [0.1, 0.15) is 18.2 Å². The molecule has 142 valence electrons. The van der Waals surface area contributed by atoms with Gasteiger partial charge in [-0.2, -0.15) is 11.8 Å². The van der Waals surface area contributed by atoms with Gasteiger partial charge in [-0.25, -0.2) is 9.59 Å². The van der Waals surface area contributed by atoms with Crippen LogP contribution in [0, 0.1) is 0 Å². The highest BCUT2D eigenvalue weighted by molar-refractivity contribution is 8.00. The van der Waals surface area contributed by atoms with Crippen molar-refractivity contribution in [1.82, 2.24) is 5.32 Å². The Morgan fingerprint density at radius 1 is 1.17 bits per heavy atom. The number of halogens is 3. The molecule has 1 amide bonds. The molecule has 0 saturated carbocycles. The van der Waals surface area contributed by atoms with Gasteiger partial charge in [-0.1, -0.05) is 34.8 Å². The molecule has 0 aliphatic rings. The Kier molecular flexibility index (Phi) is 10.7. The first kappa shape index (κ1) is 23.9. The average molecular weight is 427 g/mol. The zero-order valence-corrected chi connectivity index (χ0v) is 16.6. The lowest BCUT2D eigenvalue weighted by atomic mass is 10.2. The lowest BCUT2D eigenvalue weighted by Gasteiger charge is -2.25.